The first-order valence-corrected chi connectivity index (χ1v) is 23.6. The Morgan fingerprint density at radius 1 is 0.292 bits per heavy atom. The van der Waals surface area contributed by atoms with Gasteiger partial charge in [0.05, 0.1) is 11.0 Å². The minimum absolute atomic E-state index is 1.09. The van der Waals surface area contributed by atoms with Gasteiger partial charge in [-0.1, -0.05) is 195 Å². The van der Waals surface area contributed by atoms with Crippen molar-refractivity contribution in [2.75, 3.05) is 0 Å². The van der Waals surface area contributed by atoms with Crippen molar-refractivity contribution in [2.45, 2.75) is 6.92 Å². The lowest BCUT2D eigenvalue weighted by molar-refractivity contribution is 1.18. The maximum atomic E-state index is 3.69. The first-order valence-electron chi connectivity index (χ1n) is 22.0. The Kier molecular flexibility index (Phi) is 9.74. The molecule has 0 unspecified atom stereocenters. The number of aromatic amines is 1. The lowest BCUT2D eigenvalue weighted by Crippen LogP contribution is -1.93. The molecule has 2 heterocycles. The van der Waals surface area contributed by atoms with Crippen molar-refractivity contribution in [2.24, 2.45) is 0 Å². The highest BCUT2D eigenvalue weighted by molar-refractivity contribution is 9.10. The molecule has 0 atom stereocenters. The standard InChI is InChI=1S/C30H18BrN.C24H14BrN.C7H8/c31-19-14-15-25-28-17-26-23-12-6-4-10-21(23)22-11-5-7-13-24(22)27(26)18-30(28)32(29(25)16-19)20-8-2-1-3-9-20;25-14-9-10-19-22-12-20-17-7-3-1-5-15(17)16-6-2-4-8-18(16)21(20)13-24(22)26-23(19)11-14;1-7-5-3-2-4-6-7/h1-18H;1-13,26H;2-6H,1H3. The number of benzene rings is 12. The summed E-state index contributed by atoms with van der Waals surface area (Å²) in [6.45, 7) is 2.08. The molecule has 0 saturated carbocycles. The van der Waals surface area contributed by atoms with Gasteiger partial charge in [-0.2, -0.15) is 0 Å². The van der Waals surface area contributed by atoms with Crippen LogP contribution in [0.25, 0.3) is 114 Å². The third kappa shape index (κ3) is 6.75. The molecule has 14 aromatic rings. The lowest BCUT2D eigenvalue weighted by atomic mass is 9.93. The van der Waals surface area contributed by atoms with Gasteiger partial charge in [0.2, 0.25) is 0 Å². The van der Waals surface area contributed by atoms with Crippen molar-refractivity contribution >= 4 is 140 Å². The van der Waals surface area contributed by atoms with E-state index in [4.69, 9.17) is 0 Å². The maximum absolute atomic E-state index is 3.69. The van der Waals surface area contributed by atoms with Gasteiger partial charge < -0.3 is 9.55 Å². The predicted octanol–water partition coefficient (Wildman–Crippen LogP) is 18.5. The fourth-order valence-electron chi connectivity index (χ4n) is 10.1. The normalized spacial score (nSPS) is 11.6. The number of fused-ring (bicyclic) bond motifs is 18. The number of nitrogens with one attached hydrogen (secondary N) is 1. The van der Waals surface area contributed by atoms with E-state index in [1.165, 1.54) is 119 Å². The molecule has 12 aromatic carbocycles. The first kappa shape index (κ1) is 39.4. The van der Waals surface area contributed by atoms with E-state index in [0.717, 1.165) is 8.95 Å². The van der Waals surface area contributed by atoms with E-state index >= 15 is 0 Å². The summed E-state index contributed by atoms with van der Waals surface area (Å²) in [6.07, 6.45) is 0. The van der Waals surface area contributed by atoms with Crippen LogP contribution in [-0.4, -0.2) is 9.55 Å². The van der Waals surface area contributed by atoms with E-state index in [1.54, 1.807) is 0 Å². The third-order valence-electron chi connectivity index (χ3n) is 13.0. The van der Waals surface area contributed by atoms with Crippen molar-refractivity contribution in [3.05, 3.63) is 233 Å². The molecule has 308 valence electrons. The molecule has 2 nitrogen and oxygen atoms in total. The first-order chi connectivity index (χ1) is 32.0. The summed E-state index contributed by atoms with van der Waals surface area (Å²) in [5.41, 5.74) is 7.29. The van der Waals surface area contributed by atoms with Crippen molar-refractivity contribution in [1.82, 2.24) is 9.55 Å². The monoisotopic (exact) mass is 958 g/mol. The van der Waals surface area contributed by atoms with Crippen molar-refractivity contribution in [3.8, 4) is 5.69 Å². The van der Waals surface area contributed by atoms with Gasteiger partial charge in [0.15, 0.2) is 0 Å². The molecule has 1 N–H and O–H groups in total. The fraction of sp³-hybridized carbons (Fsp3) is 0.0164. The molecular weight excluding hydrogens is 920 g/mol. The van der Waals surface area contributed by atoms with E-state index in [9.17, 15) is 0 Å². The van der Waals surface area contributed by atoms with E-state index in [1.807, 2.05) is 18.2 Å². The van der Waals surface area contributed by atoms with Crippen LogP contribution in [0.5, 0.6) is 0 Å². The molecule has 65 heavy (non-hydrogen) atoms. The van der Waals surface area contributed by atoms with Crippen LogP contribution in [0.2, 0.25) is 0 Å². The third-order valence-corrected chi connectivity index (χ3v) is 14.0. The molecule has 0 aliphatic carbocycles. The van der Waals surface area contributed by atoms with Gasteiger partial charge in [-0.25, -0.2) is 0 Å². The largest absolute Gasteiger partial charge is 0.354 e. The molecule has 2 aromatic heterocycles. The second-order valence-electron chi connectivity index (χ2n) is 16.8. The number of hydrogen-bond acceptors (Lipinski definition) is 0. The fourth-order valence-corrected chi connectivity index (χ4v) is 10.8. The van der Waals surface area contributed by atoms with Crippen LogP contribution >= 0.6 is 31.9 Å². The Morgan fingerprint density at radius 3 is 1.18 bits per heavy atom. The Bertz CT molecular complexity index is 4150. The van der Waals surface area contributed by atoms with Crippen LogP contribution in [0.3, 0.4) is 0 Å². The molecule has 0 fully saturated rings. The number of halogens is 2. The number of aromatic nitrogens is 2. The SMILES string of the molecule is Brc1ccc2c(c1)[nH]c1cc3c4ccccc4c4ccccc4c3cc12.Brc1ccc2c3cc4c5ccccc5c5ccccc5c4cc3n(-c3ccccc3)c2c1.Cc1ccccc1. The molecule has 0 amide bonds. The number of H-pyrrole nitrogens is 1. The zero-order valence-electron chi connectivity index (χ0n) is 35.5. The molecule has 4 heteroatoms. The van der Waals surface area contributed by atoms with E-state index in [2.05, 4.69) is 249 Å². The van der Waals surface area contributed by atoms with E-state index < -0.39 is 0 Å². The summed E-state index contributed by atoms with van der Waals surface area (Å²) >= 11 is 7.27. The van der Waals surface area contributed by atoms with Crippen molar-refractivity contribution in [1.29, 1.82) is 0 Å². The van der Waals surface area contributed by atoms with Gasteiger partial charge in [-0.05, 0) is 132 Å². The molecule has 0 radical (unpaired) electrons. The van der Waals surface area contributed by atoms with Gasteiger partial charge in [-0.15, -0.1) is 0 Å². The highest BCUT2D eigenvalue weighted by Crippen LogP contribution is 2.42. The second kappa shape index (κ2) is 16.1. The summed E-state index contributed by atoms with van der Waals surface area (Å²) in [7, 11) is 0. The highest BCUT2D eigenvalue weighted by atomic mass is 79.9. The average Bonchev–Trinajstić information content (AvgIpc) is 3.87. The minimum Gasteiger partial charge on any atom is -0.354 e. The number of nitrogens with zero attached hydrogens (tertiary/aromatic N) is 1. The smallest absolute Gasteiger partial charge is 0.0552 e. The Labute approximate surface area is 392 Å². The van der Waals surface area contributed by atoms with Crippen LogP contribution in [0, 0.1) is 6.92 Å². The molecular formula is C61H40Br2N2. The zero-order valence-corrected chi connectivity index (χ0v) is 38.7. The molecule has 14 rings (SSSR count). The number of aryl methyl sites for hydroxylation is 1. The summed E-state index contributed by atoms with van der Waals surface area (Å²) in [5.74, 6) is 0. The molecule has 0 spiro atoms. The highest BCUT2D eigenvalue weighted by Gasteiger charge is 2.17. The van der Waals surface area contributed by atoms with Crippen LogP contribution in [0.1, 0.15) is 5.56 Å². The Hall–Kier alpha value is -7.24. The van der Waals surface area contributed by atoms with E-state index in [-0.39, 0.29) is 0 Å². The minimum atomic E-state index is 1.09. The molecule has 0 aliphatic heterocycles. The average molecular weight is 961 g/mol. The molecule has 0 bridgehead atoms. The van der Waals surface area contributed by atoms with Crippen LogP contribution in [0.15, 0.2) is 227 Å². The van der Waals surface area contributed by atoms with Crippen molar-refractivity contribution in [3.63, 3.8) is 0 Å². The summed E-state index contributed by atoms with van der Waals surface area (Å²) < 4.78 is 4.57. The van der Waals surface area contributed by atoms with Crippen molar-refractivity contribution < 1.29 is 0 Å². The van der Waals surface area contributed by atoms with Gasteiger partial charge in [0, 0.05) is 47.2 Å². The van der Waals surface area contributed by atoms with Gasteiger partial charge >= 0.3 is 0 Å². The quantitative estimate of drug-likeness (QED) is 0.158. The second-order valence-corrected chi connectivity index (χ2v) is 18.7. The zero-order chi connectivity index (χ0) is 43.6. The van der Waals surface area contributed by atoms with Gasteiger partial charge in [0.1, 0.15) is 0 Å². The van der Waals surface area contributed by atoms with Gasteiger partial charge in [-0.3, -0.25) is 0 Å². The number of para-hydroxylation sites is 1. The number of hydrogen-bond donors (Lipinski definition) is 1. The summed E-state index contributed by atoms with van der Waals surface area (Å²) in [4.78, 5) is 3.59. The predicted molar refractivity (Wildman–Crippen MR) is 288 cm³/mol. The van der Waals surface area contributed by atoms with Crippen LogP contribution in [0.4, 0.5) is 0 Å². The summed E-state index contributed by atoms with van der Waals surface area (Å²) in [6, 6.07) is 78.4. The van der Waals surface area contributed by atoms with Crippen LogP contribution in [-0.2, 0) is 0 Å². The van der Waals surface area contributed by atoms with Gasteiger partial charge in [0.25, 0.3) is 0 Å². The topological polar surface area (TPSA) is 20.7 Å². The van der Waals surface area contributed by atoms with Crippen LogP contribution < -0.4 is 0 Å². The Morgan fingerprint density at radius 2 is 0.677 bits per heavy atom. The summed E-state index contributed by atoms with van der Waals surface area (Å²) in [5, 5.41) is 20.8. The molecule has 0 saturated heterocycles. The maximum Gasteiger partial charge on any atom is 0.0552 e. The number of rotatable bonds is 1. The molecule has 0 aliphatic rings. The lowest BCUT2D eigenvalue weighted by Gasteiger charge is -2.12. The van der Waals surface area contributed by atoms with E-state index in [0.29, 0.717) is 0 Å². The Balaban J connectivity index is 0.000000121.